The van der Waals surface area contributed by atoms with Gasteiger partial charge in [-0.3, -0.25) is 0 Å². The molecule has 1 saturated carbocycles. The Morgan fingerprint density at radius 3 is 2.58 bits per heavy atom. The van der Waals surface area contributed by atoms with Gasteiger partial charge in [-0.1, -0.05) is 12.8 Å². The predicted octanol–water partition coefficient (Wildman–Crippen LogP) is 4.78. The average Bonchev–Trinajstić information content (AvgIpc) is 2.73. The van der Waals surface area contributed by atoms with E-state index in [0.29, 0.717) is 19.3 Å². The zero-order valence-electron chi connectivity index (χ0n) is 10.3. The highest BCUT2D eigenvalue weighted by atomic mass is 79.9. The highest BCUT2D eigenvalue weighted by Crippen LogP contribution is 2.43. The number of hydrogen-bond donors (Lipinski definition) is 1. The quantitative estimate of drug-likeness (QED) is 0.825. The van der Waals surface area contributed by atoms with Gasteiger partial charge in [0.05, 0.1) is 15.8 Å². The van der Waals surface area contributed by atoms with Crippen LogP contribution in [-0.4, -0.2) is 17.4 Å². The van der Waals surface area contributed by atoms with Crippen LogP contribution >= 0.6 is 27.3 Å². The van der Waals surface area contributed by atoms with Gasteiger partial charge in [0.15, 0.2) is 0 Å². The topological polar surface area (TPSA) is 20.2 Å². The molecule has 1 aromatic heterocycles. The van der Waals surface area contributed by atoms with Crippen LogP contribution in [0.5, 0.6) is 0 Å². The zero-order chi connectivity index (χ0) is 14.0. The van der Waals surface area contributed by atoms with Crippen LogP contribution in [0.15, 0.2) is 15.9 Å². The second-order valence-corrected chi connectivity index (χ2v) is 7.62. The summed E-state index contributed by atoms with van der Waals surface area (Å²) < 4.78 is 39.9. The summed E-state index contributed by atoms with van der Waals surface area (Å²) in [5.74, 6) is -2.01. The first-order chi connectivity index (χ1) is 8.88. The van der Waals surface area contributed by atoms with Crippen molar-refractivity contribution in [3.63, 3.8) is 0 Å². The van der Waals surface area contributed by atoms with Gasteiger partial charge in [0.25, 0.3) is 0 Å². The molecule has 0 spiro atoms. The zero-order valence-corrected chi connectivity index (χ0v) is 12.7. The molecule has 1 aromatic rings. The summed E-state index contributed by atoms with van der Waals surface area (Å²) in [6.45, 7) is 0. The Hall–Kier alpha value is -0.0700. The van der Waals surface area contributed by atoms with E-state index >= 15 is 0 Å². The fourth-order valence-electron chi connectivity index (χ4n) is 2.85. The molecule has 0 saturated heterocycles. The van der Waals surface area contributed by atoms with Crippen LogP contribution in [0, 0.1) is 11.8 Å². The molecule has 0 bridgehead atoms. The predicted molar refractivity (Wildman–Crippen MR) is 73.2 cm³/mol. The van der Waals surface area contributed by atoms with Gasteiger partial charge >= 0.3 is 6.18 Å². The van der Waals surface area contributed by atoms with Gasteiger partial charge in [0.2, 0.25) is 0 Å². The molecule has 19 heavy (non-hydrogen) atoms. The molecular formula is C13H16BrF3OS. The molecule has 2 rings (SSSR count). The van der Waals surface area contributed by atoms with Gasteiger partial charge in [-0.25, -0.2) is 0 Å². The fourth-order valence-corrected chi connectivity index (χ4v) is 4.38. The standard InChI is InChI=1S/C13H16BrF3OS/c14-12-6-5-8(19-12)7-11(18)9-3-1-2-4-10(9)13(15,16)17/h5-6,9-11,18H,1-4,7H2. The Balaban J connectivity index is 2.05. The summed E-state index contributed by atoms with van der Waals surface area (Å²) in [5, 5.41) is 10.2. The lowest BCUT2D eigenvalue weighted by Crippen LogP contribution is -2.40. The third kappa shape index (κ3) is 3.95. The first kappa shape index (κ1) is 15.3. The summed E-state index contributed by atoms with van der Waals surface area (Å²) in [4.78, 5) is 0.922. The largest absolute Gasteiger partial charge is 0.392 e. The van der Waals surface area contributed by atoms with Crippen molar-refractivity contribution in [1.82, 2.24) is 0 Å². The molecule has 1 heterocycles. The minimum Gasteiger partial charge on any atom is -0.392 e. The summed E-state index contributed by atoms with van der Waals surface area (Å²) in [6, 6.07) is 3.71. The van der Waals surface area contributed by atoms with Gasteiger partial charge in [-0.15, -0.1) is 11.3 Å². The highest BCUT2D eigenvalue weighted by molar-refractivity contribution is 9.11. The molecule has 1 aliphatic rings. The molecule has 0 aliphatic heterocycles. The van der Waals surface area contributed by atoms with Crippen LogP contribution < -0.4 is 0 Å². The van der Waals surface area contributed by atoms with E-state index in [-0.39, 0.29) is 6.42 Å². The number of aliphatic hydroxyl groups excluding tert-OH is 1. The minimum atomic E-state index is -4.19. The van der Waals surface area contributed by atoms with Crippen molar-refractivity contribution in [1.29, 1.82) is 0 Å². The maximum atomic E-state index is 13.0. The Morgan fingerprint density at radius 2 is 2.00 bits per heavy atom. The molecule has 108 valence electrons. The van der Waals surface area contributed by atoms with Gasteiger partial charge in [0.1, 0.15) is 0 Å². The van der Waals surface area contributed by atoms with Crippen molar-refractivity contribution in [2.75, 3.05) is 0 Å². The van der Waals surface area contributed by atoms with Crippen molar-refractivity contribution in [2.45, 2.75) is 44.4 Å². The Morgan fingerprint density at radius 1 is 1.32 bits per heavy atom. The molecule has 1 N–H and O–H groups in total. The molecule has 3 atom stereocenters. The van der Waals surface area contributed by atoms with E-state index in [4.69, 9.17) is 0 Å². The lowest BCUT2D eigenvalue weighted by molar-refractivity contribution is -0.206. The first-order valence-electron chi connectivity index (χ1n) is 6.37. The van der Waals surface area contributed by atoms with E-state index in [9.17, 15) is 18.3 Å². The second-order valence-electron chi connectivity index (χ2n) is 5.07. The molecule has 0 radical (unpaired) electrons. The summed E-state index contributed by atoms with van der Waals surface area (Å²) >= 11 is 4.78. The molecule has 0 amide bonds. The molecular weight excluding hydrogens is 341 g/mol. The van der Waals surface area contributed by atoms with Crippen LogP contribution in [0.2, 0.25) is 0 Å². The van der Waals surface area contributed by atoms with Crippen LogP contribution in [0.1, 0.15) is 30.6 Å². The van der Waals surface area contributed by atoms with Crippen LogP contribution in [-0.2, 0) is 6.42 Å². The van der Waals surface area contributed by atoms with E-state index < -0.39 is 24.1 Å². The van der Waals surface area contributed by atoms with E-state index in [0.717, 1.165) is 15.1 Å². The molecule has 3 unspecified atom stereocenters. The Kier molecular flexibility index (Phi) is 4.95. The van der Waals surface area contributed by atoms with Crippen LogP contribution in [0.4, 0.5) is 13.2 Å². The van der Waals surface area contributed by atoms with Crippen LogP contribution in [0.3, 0.4) is 0 Å². The van der Waals surface area contributed by atoms with Crippen molar-refractivity contribution in [2.24, 2.45) is 11.8 Å². The normalized spacial score (nSPS) is 26.4. The van der Waals surface area contributed by atoms with Crippen molar-refractivity contribution < 1.29 is 18.3 Å². The number of aliphatic hydroxyl groups is 1. The first-order valence-corrected chi connectivity index (χ1v) is 7.98. The number of hydrogen-bond acceptors (Lipinski definition) is 2. The lowest BCUT2D eigenvalue weighted by atomic mass is 9.75. The van der Waals surface area contributed by atoms with E-state index in [2.05, 4.69) is 15.9 Å². The maximum absolute atomic E-state index is 13.0. The number of rotatable bonds is 3. The highest BCUT2D eigenvalue weighted by Gasteiger charge is 2.47. The van der Waals surface area contributed by atoms with Crippen molar-refractivity contribution in [3.8, 4) is 0 Å². The number of alkyl halides is 3. The van der Waals surface area contributed by atoms with E-state index in [1.807, 2.05) is 12.1 Å². The third-order valence-corrected chi connectivity index (χ3v) is 5.42. The molecule has 1 aliphatic carbocycles. The van der Waals surface area contributed by atoms with Gasteiger partial charge in [0, 0.05) is 11.3 Å². The van der Waals surface area contributed by atoms with Gasteiger partial charge in [-0.2, -0.15) is 13.2 Å². The minimum absolute atomic E-state index is 0.152. The fraction of sp³-hybridized carbons (Fsp3) is 0.692. The SMILES string of the molecule is OC(Cc1ccc(Br)s1)C1CCCCC1C(F)(F)F. The van der Waals surface area contributed by atoms with E-state index in [1.54, 1.807) is 0 Å². The van der Waals surface area contributed by atoms with Gasteiger partial charge < -0.3 is 5.11 Å². The monoisotopic (exact) mass is 356 g/mol. The molecule has 1 nitrogen and oxygen atoms in total. The Labute approximate surface area is 123 Å². The van der Waals surface area contributed by atoms with Crippen LogP contribution in [0.25, 0.3) is 0 Å². The lowest BCUT2D eigenvalue weighted by Gasteiger charge is -2.35. The third-order valence-electron chi connectivity index (χ3n) is 3.77. The average molecular weight is 357 g/mol. The number of thiophene rings is 1. The summed E-state index contributed by atoms with van der Waals surface area (Å²) in [7, 11) is 0. The Bertz CT molecular complexity index is 418. The second kappa shape index (κ2) is 6.14. The summed E-state index contributed by atoms with van der Waals surface area (Å²) in [6.07, 6.45) is -2.77. The van der Waals surface area contributed by atoms with Gasteiger partial charge in [-0.05, 0) is 46.8 Å². The maximum Gasteiger partial charge on any atom is 0.392 e. The van der Waals surface area contributed by atoms with E-state index in [1.165, 1.54) is 11.3 Å². The van der Waals surface area contributed by atoms with Crippen molar-refractivity contribution >= 4 is 27.3 Å². The van der Waals surface area contributed by atoms with Crippen molar-refractivity contribution in [3.05, 3.63) is 20.8 Å². The summed E-state index contributed by atoms with van der Waals surface area (Å²) in [5.41, 5.74) is 0. The molecule has 1 fully saturated rings. The molecule has 0 aromatic carbocycles. The molecule has 6 heteroatoms. The number of halogens is 4. The smallest absolute Gasteiger partial charge is 0.392 e.